The van der Waals surface area contributed by atoms with Crippen molar-refractivity contribution in [3.8, 4) is 0 Å². The van der Waals surface area contributed by atoms with Crippen molar-refractivity contribution in [2.24, 2.45) is 5.41 Å². The van der Waals surface area contributed by atoms with Crippen molar-refractivity contribution in [3.63, 3.8) is 0 Å². The minimum absolute atomic E-state index is 0.0989. The fourth-order valence-electron chi connectivity index (χ4n) is 3.05. The Hall–Kier alpha value is -1.46. The molecular weight excluding hydrogens is 254 g/mol. The molecule has 1 saturated carbocycles. The molecule has 1 atom stereocenters. The Kier molecular flexibility index (Phi) is 4.73. The first-order valence-electron chi connectivity index (χ1n) is 7.47. The number of nitrogens with one attached hydrogen (secondary N) is 1. The summed E-state index contributed by atoms with van der Waals surface area (Å²) in [5.41, 5.74) is 0.193. The van der Waals surface area contributed by atoms with Crippen LogP contribution >= 0.6 is 0 Å². The molecule has 0 bridgehead atoms. The van der Waals surface area contributed by atoms with E-state index < -0.39 is 0 Å². The Morgan fingerprint density at radius 2 is 2.10 bits per heavy atom. The largest absolute Gasteiger partial charge is 0.345 e. The highest BCUT2D eigenvalue weighted by atomic mass is 16.2. The van der Waals surface area contributed by atoms with Crippen LogP contribution < -0.4 is 0 Å². The predicted octanol–water partition coefficient (Wildman–Crippen LogP) is 2.12. The minimum atomic E-state index is 0.0989. The number of hydrogen-bond donors (Lipinski definition) is 1. The summed E-state index contributed by atoms with van der Waals surface area (Å²) in [5, 5.41) is 14.0. The molecule has 1 fully saturated rings. The molecule has 112 valence electrons. The van der Waals surface area contributed by atoms with Crippen LogP contribution in [0.1, 0.15) is 64.1 Å². The Labute approximate surface area is 120 Å². The van der Waals surface area contributed by atoms with Crippen LogP contribution in [-0.2, 0) is 4.79 Å². The fraction of sp³-hybridized carbons (Fsp3) is 0.857. The molecule has 0 aliphatic heterocycles. The van der Waals surface area contributed by atoms with Gasteiger partial charge in [-0.1, -0.05) is 38.3 Å². The summed E-state index contributed by atoms with van der Waals surface area (Å²) in [6, 6.07) is 0. The summed E-state index contributed by atoms with van der Waals surface area (Å²) in [6.07, 6.45) is 6.83. The fourth-order valence-corrected chi connectivity index (χ4v) is 3.05. The van der Waals surface area contributed by atoms with Crippen LogP contribution in [0.15, 0.2) is 0 Å². The van der Waals surface area contributed by atoms with Gasteiger partial charge in [-0.3, -0.25) is 4.79 Å². The molecule has 1 aliphatic rings. The summed E-state index contributed by atoms with van der Waals surface area (Å²) >= 11 is 0. The predicted molar refractivity (Wildman–Crippen MR) is 76.0 cm³/mol. The Balaban J connectivity index is 1.85. The molecule has 0 unspecified atom stereocenters. The number of amides is 1. The zero-order chi connectivity index (χ0) is 14.6. The first kappa shape index (κ1) is 14.9. The van der Waals surface area contributed by atoms with Gasteiger partial charge in [0, 0.05) is 25.9 Å². The van der Waals surface area contributed by atoms with Gasteiger partial charge in [-0.15, -0.1) is 10.2 Å². The molecule has 1 N–H and O–H groups in total. The van der Waals surface area contributed by atoms with E-state index in [0.29, 0.717) is 18.8 Å². The van der Waals surface area contributed by atoms with Crippen LogP contribution in [0.5, 0.6) is 0 Å². The number of hydrogen-bond acceptors (Lipinski definition) is 4. The van der Waals surface area contributed by atoms with Crippen LogP contribution in [-0.4, -0.2) is 45.0 Å². The van der Waals surface area contributed by atoms with Crippen LogP contribution in [0.2, 0.25) is 0 Å². The molecular formula is C14H25N5O. The van der Waals surface area contributed by atoms with Crippen molar-refractivity contribution in [1.29, 1.82) is 0 Å². The molecule has 20 heavy (non-hydrogen) atoms. The quantitative estimate of drug-likeness (QED) is 0.896. The van der Waals surface area contributed by atoms with Gasteiger partial charge in [0.1, 0.15) is 0 Å². The van der Waals surface area contributed by atoms with Gasteiger partial charge >= 0.3 is 0 Å². The van der Waals surface area contributed by atoms with Crippen LogP contribution in [0.4, 0.5) is 0 Å². The highest BCUT2D eigenvalue weighted by Crippen LogP contribution is 2.39. The molecule has 0 aromatic carbocycles. The van der Waals surface area contributed by atoms with Gasteiger partial charge in [0.25, 0.3) is 0 Å². The molecule has 1 aromatic rings. The SMILES string of the molecule is C[C@H](CN(C)C(=O)CC1(C)CCCCC1)c1nn[nH]n1. The molecule has 1 amide bonds. The molecule has 1 aliphatic carbocycles. The number of aromatic amines is 1. The minimum Gasteiger partial charge on any atom is -0.345 e. The molecule has 0 saturated heterocycles. The number of carbonyl (C=O) groups is 1. The van der Waals surface area contributed by atoms with E-state index in [2.05, 4.69) is 27.5 Å². The smallest absolute Gasteiger partial charge is 0.222 e. The van der Waals surface area contributed by atoms with Gasteiger partial charge < -0.3 is 4.90 Å². The third-order valence-corrected chi connectivity index (χ3v) is 4.41. The zero-order valence-electron chi connectivity index (χ0n) is 12.7. The highest BCUT2D eigenvalue weighted by Gasteiger charge is 2.30. The van der Waals surface area contributed by atoms with E-state index in [1.54, 1.807) is 4.90 Å². The summed E-state index contributed by atoms with van der Waals surface area (Å²) < 4.78 is 0. The van der Waals surface area contributed by atoms with Crippen molar-refractivity contribution >= 4 is 5.91 Å². The lowest BCUT2D eigenvalue weighted by molar-refractivity contribution is -0.132. The number of likely N-dealkylation sites (N-methyl/N-ethyl adjacent to an activating group) is 1. The van der Waals surface area contributed by atoms with Crippen molar-refractivity contribution in [2.45, 2.75) is 58.3 Å². The van der Waals surface area contributed by atoms with Gasteiger partial charge in [0.15, 0.2) is 5.82 Å². The summed E-state index contributed by atoms with van der Waals surface area (Å²) in [6.45, 7) is 4.89. The van der Waals surface area contributed by atoms with Crippen LogP contribution in [0.25, 0.3) is 0 Å². The first-order valence-corrected chi connectivity index (χ1v) is 7.47. The summed E-state index contributed by atoms with van der Waals surface area (Å²) in [7, 11) is 1.87. The van der Waals surface area contributed by atoms with E-state index in [0.717, 1.165) is 0 Å². The standard InChI is InChI=1S/C14H25N5O/c1-11(13-15-17-18-16-13)10-19(3)12(20)9-14(2)7-5-4-6-8-14/h11H,4-10H2,1-3H3,(H,15,16,17,18)/t11-/m1/s1. The molecule has 6 heteroatoms. The molecule has 0 radical (unpaired) electrons. The van der Waals surface area contributed by atoms with E-state index in [4.69, 9.17) is 0 Å². The van der Waals surface area contributed by atoms with E-state index in [1.807, 2.05) is 14.0 Å². The topological polar surface area (TPSA) is 74.8 Å². The summed E-state index contributed by atoms with van der Waals surface area (Å²) in [5.74, 6) is 0.986. The molecule has 1 heterocycles. The first-order chi connectivity index (χ1) is 9.50. The maximum Gasteiger partial charge on any atom is 0.222 e. The average Bonchev–Trinajstić information content (AvgIpc) is 2.92. The normalized spacial score (nSPS) is 19.6. The lowest BCUT2D eigenvalue weighted by Crippen LogP contribution is -2.35. The van der Waals surface area contributed by atoms with Crippen molar-refractivity contribution in [3.05, 3.63) is 5.82 Å². The molecule has 1 aromatic heterocycles. The average molecular weight is 279 g/mol. The van der Waals surface area contributed by atoms with Crippen LogP contribution in [0, 0.1) is 5.41 Å². The number of aromatic nitrogens is 4. The number of carbonyl (C=O) groups excluding carboxylic acids is 1. The van der Waals surface area contributed by atoms with E-state index >= 15 is 0 Å². The Bertz CT molecular complexity index is 425. The molecule has 6 nitrogen and oxygen atoms in total. The third-order valence-electron chi connectivity index (χ3n) is 4.41. The maximum atomic E-state index is 12.4. The summed E-state index contributed by atoms with van der Waals surface area (Å²) in [4.78, 5) is 14.2. The van der Waals surface area contributed by atoms with Crippen molar-refractivity contribution in [2.75, 3.05) is 13.6 Å². The maximum absolute atomic E-state index is 12.4. The Morgan fingerprint density at radius 3 is 2.70 bits per heavy atom. The van der Waals surface area contributed by atoms with Crippen molar-refractivity contribution < 1.29 is 4.79 Å². The third kappa shape index (κ3) is 3.77. The van der Waals surface area contributed by atoms with Gasteiger partial charge in [-0.25, -0.2) is 0 Å². The van der Waals surface area contributed by atoms with E-state index in [-0.39, 0.29) is 17.2 Å². The number of rotatable bonds is 5. The van der Waals surface area contributed by atoms with Gasteiger partial charge in [-0.05, 0) is 18.3 Å². The second-order valence-corrected chi connectivity index (χ2v) is 6.49. The number of tetrazole rings is 1. The monoisotopic (exact) mass is 279 g/mol. The van der Waals surface area contributed by atoms with Crippen molar-refractivity contribution in [1.82, 2.24) is 25.5 Å². The van der Waals surface area contributed by atoms with E-state index in [1.165, 1.54) is 32.1 Å². The van der Waals surface area contributed by atoms with Gasteiger partial charge in [0.2, 0.25) is 5.91 Å². The molecule has 2 rings (SSSR count). The highest BCUT2D eigenvalue weighted by molar-refractivity contribution is 5.76. The Morgan fingerprint density at radius 1 is 1.40 bits per heavy atom. The second-order valence-electron chi connectivity index (χ2n) is 6.49. The van der Waals surface area contributed by atoms with E-state index in [9.17, 15) is 4.79 Å². The molecule has 0 spiro atoms. The lowest BCUT2D eigenvalue weighted by Gasteiger charge is -2.34. The second kappa shape index (κ2) is 6.33. The van der Waals surface area contributed by atoms with Gasteiger partial charge in [0.05, 0.1) is 0 Å². The van der Waals surface area contributed by atoms with Gasteiger partial charge in [-0.2, -0.15) is 5.21 Å². The number of H-pyrrole nitrogens is 1. The van der Waals surface area contributed by atoms with Crippen LogP contribution in [0.3, 0.4) is 0 Å². The zero-order valence-corrected chi connectivity index (χ0v) is 12.7. The lowest BCUT2D eigenvalue weighted by atomic mass is 9.73. The number of nitrogens with zero attached hydrogens (tertiary/aromatic N) is 4.